The van der Waals surface area contributed by atoms with Crippen molar-refractivity contribution in [3.63, 3.8) is 0 Å². The quantitative estimate of drug-likeness (QED) is 0.293. The number of methoxy groups -OCH3 is 1. The lowest BCUT2D eigenvalue weighted by Gasteiger charge is -2.13. The number of fused-ring (bicyclic) bond motifs is 3. The molecule has 0 aliphatic heterocycles. The number of carbonyl (C=O) groups is 1. The van der Waals surface area contributed by atoms with E-state index in [1.165, 1.54) is 36.1 Å². The zero-order valence-electron chi connectivity index (χ0n) is 18.6. The van der Waals surface area contributed by atoms with Crippen LogP contribution in [0.15, 0.2) is 75.9 Å². The molecule has 5 aromatic rings. The Morgan fingerprint density at radius 2 is 1.80 bits per heavy atom. The summed E-state index contributed by atoms with van der Waals surface area (Å²) < 4.78 is 12.5. The lowest BCUT2D eigenvalue weighted by molar-refractivity contribution is -0.384. The molecule has 35 heavy (non-hydrogen) atoms. The molecule has 0 radical (unpaired) electrons. The average molecular weight is 470 g/mol. The summed E-state index contributed by atoms with van der Waals surface area (Å²) in [7, 11) is 1.46. The topological polar surface area (TPSA) is 130 Å². The van der Waals surface area contributed by atoms with Gasteiger partial charge in [0.1, 0.15) is 22.6 Å². The van der Waals surface area contributed by atoms with Crippen molar-refractivity contribution in [1.29, 1.82) is 0 Å². The predicted octanol–water partition coefficient (Wildman–Crippen LogP) is 4.61. The third kappa shape index (κ3) is 3.76. The molecule has 1 N–H and O–H groups in total. The van der Waals surface area contributed by atoms with E-state index in [1.54, 1.807) is 25.1 Å². The molecule has 0 saturated carbocycles. The Morgan fingerprint density at radius 1 is 1.06 bits per heavy atom. The van der Waals surface area contributed by atoms with Crippen LogP contribution in [0.1, 0.15) is 16.2 Å². The molecule has 0 aliphatic rings. The van der Waals surface area contributed by atoms with Crippen molar-refractivity contribution in [1.82, 2.24) is 9.78 Å². The van der Waals surface area contributed by atoms with E-state index in [0.29, 0.717) is 22.6 Å². The van der Waals surface area contributed by atoms with Crippen molar-refractivity contribution in [2.45, 2.75) is 6.92 Å². The molecular formula is C25H18N4O6. The van der Waals surface area contributed by atoms with Crippen LogP contribution in [0, 0.1) is 17.0 Å². The molecule has 0 bridgehead atoms. The van der Waals surface area contributed by atoms with E-state index in [0.717, 1.165) is 10.8 Å². The number of aryl methyl sites for hydroxylation is 1. The maximum Gasteiger partial charge on any atom is 0.294 e. The van der Waals surface area contributed by atoms with Gasteiger partial charge in [0.2, 0.25) is 5.43 Å². The number of amides is 1. The number of nitrogens with zero attached hydrogens (tertiary/aromatic N) is 3. The first kappa shape index (κ1) is 21.8. The molecule has 2 aromatic heterocycles. The van der Waals surface area contributed by atoms with Gasteiger partial charge in [0.15, 0.2) is 5.69 Å². The van der Waals surface area contributed by atoms with Gasteiger partial charge in [-0.2, -0.15) is 5.10 Å². The van der Waals surface area contributed by atoms with E-state index in [-0.39, 0.29) is 17.1 Å². The fraction of sp³-hybridized carbons (Fsp3) is 0.0800. The highest BCUT2D eigenvalue weighted by molar-refractivity contribution is 6.09. The number of aromatic nitrogens is 2. The normalized spacial score (nSPS) is 11.0. The van der Waals surface area contributed by atoms with Crippen LogP contribution < -0.4 is 15.5 Å². The zero-order chi connectivity index (χ0) is 24.7. The molecule has 10 heteroatoms. The Morgan fingerprint density at radius 3 is 2.57 bits per heavy atom. The lowest BCUT2D eigenvalue weighted by Crippen LogP contribution is -2.27. The number of hydrogen-bond donors (Lipinski definition) is 1. The molecule has 174 valence electrons. The van der Waals surface area contributed by atoms with Crippen LogP contribution in [-0.4, -0.2) is 27.7 Å². The highest BCUT2D eigenvalue weighted by atomic mass is 16.6. The Kier molecular flexibility index (Phi) is 5.25. The summed E-state index contributed by atoms with van der Waals surface area (Å²) in [6.45, 7) is 1.57. The first-order valence-corrected chi connectivity index (χ1v) is 10.5. The SMILES string of the molecule is COc1cc2c(cc1NC(=O)c1nn(-c3ccccc3[N+](=O)[O-])c(C)cc1=O)oc1ccccc12. The zero-order valence-corrected chi connectivity index (χ0v) is 18.6. The van der Waals surface area contributed by atoms with E-state index in [2.05, 4.69) is 10.4 Å². The van der Waals surface area contributed by atoms with Crippen LogP contribution in [0.25, 0.3) is 27.6 Å². The lowest BCUT2D eigenvalue weighted by atomic mass is 10.1. The second-order valence-electron chi connectivity index (χ2n) is 7.76. The third-order valence-corrected chi connectivity index (χ3v) is 5.58. The summed E-state index contributed by atoms with van der Waals surface area (Å²) in [5, 5.41) is 20.0. The fourth-order valence-electron chi connectivity index (χ4n) is 3.95. The van der Waals surface area contributed by atoms with Crippen LogP contribution >= 0.6 is 0 Å². The molecule has 0 saturated heterocycles. The predicted molar refractivity (Wildman–Crippen MR) is 129 cm³/mol. The van der Waals surface area contributed by atoms with E-state index in [4.69, 9.17) is 9.15 Å². The van der Waals surface area contributed by atoms with Crippen LogP contribution in [-0.2, 0) is 0 Å². The van der Waals surface area contributed by atoms with Gasteiger partial charge in [-0.3, -0.25) is 19.7 Å². The van der Waals surface area contributed by atoms with E-state index >= 15 is 0 Å². The number of furan rings is 1. The van der Waals surface area contributed by atoms with Gasteiger partial charge in [0, 0.05) is 34.7 Å². The molecule has 2 heterocycles. The summed E-state index contributed by atoms with van der Waals surface area (Å²) in [5.41, 5.74) is 0.682. The fourth-order valence-corrected chi connectivity index (χ4v) is 3.95. The number of nitro benzene ring substituents is 1. The number of para-hydroxylation sites is 3. The smallest absolute Gasteiger partial charge is 0.294 e. The van der Waals surface area contributed by atoms with Crippen molar-refractivity contribution >= 4 is 39.2 Å². The van der Waals surface area contributed by atoms with Crippen molar-refractivity contribution < 1.29 is 18.9 Å². The summed E-state index contributed by atoms with van der Waals surface area (Å²) >= 11 is 0. The number of rotatable bonds is 5. The monoisotopic (exact) mass is 470 g/mol. The second kappa shape index (κ2) is 8.41. The van der Waals surface area contributed by atoms with Crippen LogP contribution in [0.5, 0.6) is 5.75 Å². The van der Waals surface area contributed by atoms with Gasteiger partial charge < -0.3 is 14.5 Å². The third-order valence-electron chi connectivity index (χ3n) is 5.58. The first-order chi connectivity index (χ1) is 16.9. The van der Waals surface area contributed by atoms with Crippen molar-refractivity contribution in [2.24, 2.45) is 0 Å². The highest BCUT2D eigenvalue weighted by Crippen LogP contribution is 2.36. The minimum atomic E-state index is -0.795. The van der Waals surface area contributed by atoms with E-state index in [1.807, 2.05) is 24.3 Å². The molecule has 3 aromatic carbocycles. The molecule has 0 aliphatic carbocycles. The average Bonchev–Trinajstić information content (AvgIpc) is 3.20. The number of nitrogens with one attached hydrogen (secondary N) is 1. The highest BCUT2D eigenvalue weighted by Gasteiger charge is 2.22. The Hall–Kier alpha value is -4.99. The standard InChI is InChI=1S/C25H18N4O6/c1-14-11-20(30)24(27-28(14)18-8-4-5-9-19(18)29(32)33)25(31)26-17-13-22-16(12-23(17)34-2)15-7-3-6-10-21(15)35-22/h3-13H,1-2H3,(H,26,31). The van der Waals surface area contributed by atoms with Gasteiger partial charge in [-0.05, 0) is 25.1 Å². The summed E-state index contributed by atoms with van der Waals surface area (Å²) in [6.07, 6.45) is 0. The van der Waals surface area contributed by atoms with Gasteiger partial charge in [0.05, 0.1) is 17.7 Å². The van der Waals surface area contributed by atoms with Crippen LogP contribution in [0.4, 0.5) is 11.4 Å². The summed E-state index contributed by atoms with van der Waals surface area (Å²) in [6, 6.07) is 18.0. The minimum Gasteiger partial charge on any atom is -0.495 e. The molecule has 0 unspecified atom stereocenters. The number of carbonyl (C=O) groups excluding carboxylic acids is 1. The van der Waals surface area contributed by atoms with Gasteiger partial charge in [-0.25, -0.2) is 4.68 Å². The number of benzene rings is 3. The molecule has 1 amide bonds. The van der Waals surface area contributed by atoms with Crippen molar-refractivity contribution in [2.75, 3.05) is 12.4 Å². The maximum atomic E-state index is 13.1. The number of nitro groups is 1. The second-order valence-corrected chi connectivity index (χ2v) is 7.76. The minimum absolute atomic E-state index is 0.130. The van der Waals surface area contributed by atoms with E-state index in [9.17, 15) is 19.7 Å². The largest absolute Gasteiger partial charge is 0.495 e. The molecule has 10 nitrogen and oxygen atoms in total. The van der Waals surface area contributed by atoms with Crippen LogP contribution in [0.2, 0.25) is 0 Å². The van der Waals surface area contributed by atoms with Crippen molar-refractivity contribution in [3.05, 3.63) is 98.5 Å². The Balaban J connectivity index is 1.58. The molecule has 0 fully saturated rings. The molecular weight excluding hydrogens is 452 g/mol. The van der Waals surface area contributed by atoms with Gasteiger partial charge in [-0.15, -0.1) is 0 Å². The van der Waals surface area contributed by atoms with Gasteiger partial charge in [0.25, 0.3) is 11.6 Å². The van der Waals surface area contributed by atoms with Gasteiger partial charge in [-0.1, -0.05) is 30.3 Å². The number of anilines is 1. The summed E-state index contributed by atoms with van der Waals surface area (Å²) in [5.74, 6) is -0.431. The Bertz CT molecular complexity index is 1700. The van der Waals surface area contributed by atoms with Crippen LogP contribution in [0.3, 0.4) is 0 Å². The maximum absolute atomic E-state index is 13.1. The number of ether oxygens (including phenoxy) is 1. The summed E-state index contributed by atoms with van der Waals surface area (Å²) in [4.78, 5) is 36.7. The van der Waals surface area contributed by atoms with E-state index < -0.39 is 22.0 Å². The van der Waals surface area contributed by atoms with Gasteiger partial charge >= 0.3 is 0 Å². The molecule has 0 spiro atoms. The molecule has 0 atom stereocenters. The number of hydrogen-bond acceptors (Lipinski definition) is 7. The Labute approximate surface area is 197 Å². The molecule has 5 rings (SSSR count). The van der Waals surface area contributed by atoms with Crippen molar-refractivity contribution in [3.8, 4) is 11.4 Å². The first-order valence-electron chi connectivity index (χ1n) is 10.5.